The van der Waals surface area contributed by atoms with E-state index in [0.29, 0.717) is 12.0 Å². The van der Waals surface area contributed by atoms with Gasteiger partial charge in [-0.25, -0.2) is 14.5 Å². The third kappa shape index (κ3) is 7.55. The molecule has 0 radical (unpaired) electrons. The van der Waals surface area contributed by atoms with E-state index < -0.39 is 23.4 Å². The first-order chi connectivity index (χ1) is 11.3. The normalized spacial score (nSPS) is 11.8. The van der Waals surface area contributed by atoms with Gasteiger partial charge in [-0.3, -0.25) is 5.41 Å². The Balaban J connectivity index is 2.87. The van der Waals surface area contributed by atoms with Crippen molar-refractivity contribution < 1.29 is 19.1 Å². The van der Waals surface area contributed by atoms with E-state index in [2.05, 4.69) is 0 Å². The van der Waals surface area contributed by atoms with Crippen LogP contribution >= 0.6 is 11.3 Å². The zero-order valence-electron chi connectivity index (χ0n) is 15.6. The molecule has 0 aliphatic rings. The average molecular weight is 369 g/mol. The van der Waals surface area contributed by atoms with Crippen LogP contribution in [-0.4, -0.2) is 40.7 Å². The summed E-state index contributed by atoms with van der Waals surface area (Å²) in [5.74, 6) is -0.0151. The molecule has 140 valence electrons. The molecular formula is C17H27N3O4S. The minimum Gasteiger partial charge on any atom is -0.443 e. The van der Waals surface area contributed by atoms with Crippen LogP contribution in [0.5, 0.6) is 0 Å². The first-order valence-corrected chi connectivity index (χ1v) is 8.82. The number of amides is 2. The molecule has 0 aromatic carbocycles. The number of thiophene rings is 1. The van der Waals surface area contributed by atoms with E-state index in [4.69, 9.17) is 20.6 Å². The van der Waals surface area contributed by atoms with Gasteiger partial charge in [0.25, 0.3) is 0 Å². The molecule has 0 aliphatic heterocycles. The van der Waals surface area contributed by atoms with E-state index in [0.717, 1.165) is 9.78 Å². The van der Waals surface area contributed by atoms with Crippen molar-refractivity contribution in [2.45, 2.75) is 59.2 Å². The molecule has 0 atom stereocenters. The second-order valence-corrected chi connectivity index (χ2v) is 8.57. The molecule has 0 unspecified atom stereocenters. The van der Waals surface area contributed by atoms with Crippen molar-refractivity contribution in [1.29, 1.82) is 5.41 Å². The van der Waals surface area contributed by atoms with Gasteiger partial charge in [-0.05, 0) is 47.6 Å². The topological polar surface area (TPSA) is 106 Å². The first kappa shape index (κ1) is 21.0. The van der Waals surface area contributed by atoms with Gasteiger partial charge in [0.2, 0.25) is 0 Å². The van der Waals surface area contributed by atoms with E-state index in [1.807, 2.05) is 0 Å². The van der Waals surface area contributed by atoms with Crippen LogP contribution in [0.3, 0.4) is 0 Å². The molecule has 0 saturated heterocycles. The molecule has 0 spiro atoms. The molecule has 8 heteroatoms. The van der Waals surface area contributed by atoms with Crippen LogP contribution in [0.2, 0.25) is 0 Å². The third-order valence-corrected chi connectivity index (χ3v) is 3.77. The number of nitrogens with zero attached hydrogens (tertiary/aromatic N) is 1. The molecule has 0 bridgehead atoms. The predicted molar refractivity (Wildman–Crippen MR) is 98.2 cm³/mol. The van der Waals surface area contributed by atoms with E-state index in [-0.39, 0.29) is 12.4 Å². The van der Waals surface area contributed by atoms with Gasteiger partial charge in [-0.1, -0.05) is 0 Å². The molecule has 3 N–H and O–H groups in total. The van der Waals surface area contributed by atoms with Crippen molar-refractivity contribution >= 4 is 29.4 Å². The predicted octanol–water partition coefficient (Wildman–Crippen LogP) is 3.75. The van der Waals surface area contributed by atoms with Gasteiger partial charge in [-0.15, -0.1) is 11.3 Å². The lowest BCUT2D eigenvalue weighted by Gasteiger charge is -2.28. The van der Waals surface area contributed by atoms with E-state index >= 15 is 0 Å². The summed E-state index contributed by atoms with van der Waals surface area (Å²) in [5.41, 5.74) is 4.64. The number of carbonyl (C=O) groups is 2. The molecule has 2 amide bonds. The van der Waals surface area contributed by atoms with Crippen LogP contribution in [0.4, 0.5) is 9.59 Å². The monoisotopic (exact) mass is 369 g/mol. The van der Waals surface area contributed by atoms with Crippen LogP contribution in [0.1, 0.15) is 52.0 Å². The third-order valence-electron chi connectivity index (χ3n) is 2.77. The lowest BCUT2D eigenvalue weighted by molar-refractivity contribution is 0.00174. The number of carbonyl (C=O) groups excluding carboxylic acids is 2. The number of nitrogens with one attached hydrogen (secondary N) is 1. The van der Waals surface area contributed by atoms with Gasteiger partial charge < -0.3 is 15.2 Å². The molecule has 1 heterocycles. The molecule has 0 aliphatic carbocycles. The number of nitrogens with two attached hydrogens (primary N) is 1. The summed E-state index contributed by atoms with van der Waals surface area (Å²) in [5, 5.41) is 9.19. The maximum atomic E-state index is 12.4. The molecule has 0 fully saturated rings. The zero-order chi connectivity index (χ0) is 19.4. The van der Waals surface area contributed by atoms with Crippen molar-refractivity contribution in [3.8, 4) is 0 Å². The number of rotatable bonds is 4. The smallest absolute Gasteiger partial charge is 0.419 e. The van der Waals surface area contributed by atoms with Crippen molar-refractivity contribution in [3.63, 3.8) is 0 Å². The molecule has 1 rings (SSSR count). The second-order valence-electron chi connectivity index (χ2n) is 7.58. The lowest BCUT2D eigenvalue weighted by Crippen LogP contribution is -2.44. The summed E-state index contributed by atoms with van der Waals surface area (Å²) in [6.07, 6.45) is -1.06. The Labute approximate surface area is 152 Å². The summed E-state index contributed by atoms with van der Waals surface area (Å²) in [6, 6.07) is 1.77. The number of ether oxygens (including phenoxy) is 2. The maximum absolute atomic E-state index is 12.4. The number of hydrogen-bond acceptors (Lipinski definition) is 6. The van der Waals surface area contributed by atoms with Crippen LogP contribution in [0, 0.1) is 5.41 Å². The fourth-order valence-electron chi connectivity index (χ4n) is 1.77. The lowest BCUT2D eigenvalue weighted by atomic mass is 10.2. The van der Waals surface area contributed by atoms with Gasteiger partial charge in [-0.2, -0.15) is 0 Å². The SMILES string of the molecule is CC(C)(C)OC(=O)N(CCc1cc(C(=N)N)cs1)C(=O)OC(C)(C)C. The summed E-state index contributed by atoms with van der Waals surface area (Å²) < 4.78 is 10.6. The number of imide groups is 1. The van der Waals surface area contributed by atoms with E-state index in [1.54, 1.807) is 53.0 Å². The van der Waals surface area contributed by atoms with E-state index in [9.17, 15) is 9.59 Å². The standard InChI is InChI=1S/C17H27N3O4S/c1-16(2,3)23-14(21)20(15(22)24-17(4,5)6)8-7-12-9-11(10-25-12)13(18)19/h9-10H,7-8H2,1-6H3,(H3,18,19). The highest BCUT2D eigenvalue weighted by atomic mass is 32.1. The van der Waals surface area contributed by atoms with Gasteiger partial charge in [0.1, 0.15) is 17.0 Å². The van der Waals surface area contributed by atoms with Crippen LogP contribution in [0.15, 0.2) is 11.4 Å². The van der Waals surface area contributed by atoms with Gasteiger partial charge in [0.15, 0.2) is 0 Å². The molecule has 7 nitrogen and oxygen atoms in total. The van der Waals surface area contributed by atoms with Gasteiger partial charge >= 0.3 is 12.2 Å². The highest BCUT2D eigenvalue weighted by Crippen LogP contribution is 2.18. The average Bonchev–Trinajstić information content (AvgIpc) is 2.83. The Bertz CT molecular complexity index is 613. The van der Waals surface area contributed by atoms with Crippen LogP contribution in [-0.2, 0) is 15.9 Å². The Kier molecular flexibility index (Phi) is 6.59. The summed E-state index contributed by atoms with van der Waals surface area (Å²) in [6.45, 7) is 10.5. The minimum absolute atomic E-state index is 0.0151. The Morgan fingerprint density at radius 3 is 1.96 bits per heavy atom. The Morgan fingerprint density at radius 1 is 1.12 bits per heavy atom. The summed E-state index contributed by atoms with van der Waals surface area (Å²) in [4.78, 5) is 26.6. The molecule has 1 aromatic rings. The van der Waals surface area contributed by atoms with Crippen molar-refractivity contribution in [2.24, 2.45) is 5.73 Å². The second kappa shape index (κ2) is 7.86. The highest BCUT2D eigenvalue weighted by Gasteiger charge is 2.30. The van der Waals surface area contributed by atoms with Gasteiger partial charge in [0, 0.05) is 28.8 Å². The molecule has 1 aromatic heterocycles. The van der Waals surface area contributed by atoms with Crippen LogP contribution < -0.4 is 5.73 Å². The van der Waals surface area contributed by atoms with Gasteiger partial charge in [0.05, 0.1) is 0 Å². The molecule has 25 heavy (non-hydrogen) atoms. The Hall–Kier alpha value is -2.09. The minimum atomic E-state index is -0.745. The largest absolute Gasteiger partial charge is 0.443 e. The number of hydrogen-bond donors (Lipinski definition) is 2. The maximum Gasteiger partial charge on any atom is 0.419 e. The number of nitrogen functional groups attached to an aromatic ring is 1. The quantitative estimate of drug-likeness (QED) is 0.621. The molecule has 0 saturated carbocycles. The zero-order valence-corrected chi connectivity index (χ0v) is 16.5. The van der Waals surface area contributed by atoms with Crippen molar-refractivity contribution in [2.75, 3.05) is 6.54 Å². The first-order valence-electron chi connectivity index (χ1n) is 7.94. The highest BCUT2D eigenvalue weighted by molar-refractivity contribution is 7.10. The molecular weight excluding hydrogens is 342 g/mol. The van der Waals surface area contributed by atoms with E-state index in [1.165, 1.54) is 11.3 Å². The summed E-state index contributed by atoms with van der Waals surface area (Å²) >= 11 is 1.42. The fraction of sp³-hybridized carbons (Fsp3) is 0.588. The van der Waals surface area contributed by atoms with Crippen molar-refractivity contribution in [3.05, 3.63) is 21.9 Å². The fourth-order valence-corrected chi connectivity index (χ4v) is 2.64. The van der Waals surface area contributed by atoms with Crippen molar-refractivity contribution in [1.82, 2.24) is 4.90 Å². The number of amidine groups is 1. The summed E-state index contributed by atoms with van der Waals surface area (Å²) in [7, 11) is 0. The Morgan fingerprint density at radius 2 is 1.60 bits per heavy atom. The van der Waals surface area contributed by atoms with Crippen LogP contribution in [0.25, 0.3) is 0 Å².